The molecular weight excluding hydrogens is 236 g/mol. The first-order valence-electron chi connectivity index (χ1n) is 8.30. The van der Waals surface area contributed by atoms with E-state index in [1.165, 1.54) is 44.9 Å². The van der Waals surface area contributed by atoms with Crippen molar-refractivity contribution in [2.24, 2.45) is 11.8 Å². The standard InChI is InChI=1S/C16H28N2O/c1-3-13-16(19)18(14-10-6-7-11(14)2)15(17-13)12-8-4-5-9-12/h11-15,17H,3-10H2,1-2H3. The average molecular weight is 264 g/mol. The van der Waals surface area contributed by atoms with Crippen LogP contribution in [0.3, 0.4) is 0 Å². The lowest BCUT2D eigenvalue weighted by Crippen LogP contribution is -2.49. The minimum absolute atomic E-state index is 0.0819. The number of hydrogen-bond donors (Lipinski definition) is 1. The molecule has 3 aliphatic rings. The molecule has 3 fully saturated rings. The summed E-state index contributed by atoms with van der Waals surface area (Å²) < 4.78 is 0. The highest BCUT2D eigenvalue weighted by molar-refractivity contribution is 5.84. The Balaban J connectivity index is 1.81. The third-order valence-electron chi connectivity index (χ3n) is 5.65. The molecule has 1 amide bonds. The highest BCUT2D eigenvalue weighted by Gasteiger charge is 2.47. The Morgan fingerprint density at radius 3 is 2.47 bits per heavy atom. The molecular formula is C16H28N2O. The van der Waals surface area contributed by atoms with Crippen molar-refractivity contribution in [3.8, 4) is 0 Å². The molecule has 19 heavy (non-hydrogen) atoms. The maximum absolute atomic E-state index is 12.7. The highest BCUT2D eigenvalue weighted by atomic mass is 16.2. The summed E-state index contributed by atoms with van der Waals surface area (Å²) in [5, 5.41) is 3.66. The van der Waals surface area contributed by atoms with Crippen molar-refractivity contribution in [1.29, 1.82) is 0 Å². The molecule has 3 heteroatoms. The van der Waals surface area contributed by atoms with E-state index in [-0.39, 0.29) is 6.04 Å². The largest absolute Gasteiger partial charge is 0.322 e. The Morgan fingerprint density at radius 1 is 1.16 bits per heavy atom. The fourth-order valence-corrected chi connectivity index (χ4v) is 4.51. The SMILES string of the molecule is CCC1NC(C2CCCC2)N(C2CCCC2C)C1=O. The van der Waals surface area contributed by atoms with Crippen molar-refractivity contribution in [2.45, 2.75) is 83.5 Å². The van der Waals surface area contributed by atoms with Crippen molar-refractivity contribution in [3.63, 3.8) is 0 Å². The highest BCUT2D eigenvalue weighted by Crippen LogP contribution is 2.38. The molecule has 1 saturated heterocycles. The topological polar surface area (TPSA) is 32.3 Å². The zero-order chi connectivity index (χ0) is 13.4. The van der Waals surface area contributed by atoms with Crippen LogP contribution in [0.25, 0.3) is 0 Å². The van der Waals surface area contributed by atoms with Gasteiger partial charge in [-0.3, -0.25) is 10.1 Å². The van der Waals surface area contributed by atoms with E-state index in [0.29, 0.717) is 30.0 Å². The van der Waals surface area contributed by atoms with Gasteiger partial charge < -0.3 is 4.90 Å². The first-order chi connectivity index (χ1) is 9.22. The molecule has 0 spiro atoms. The van der Waals surface area contributed by atoms with Gasteiger partial charge in [0.1, 0.15) is 0 Å². The molecule has 0 radical (unpaired) electrons. The van der Waals surface area contributed by atoms with Crippen LogP contribution in [0.1, 0.15) is 65.2 Å². The second-order valence-corrected chi connectivity index (χ2v) is 6.84. The van der Waals surface area contributed by atoms with Crippen molar-refractivity contribution in [3.05, 3.63) is 0 Å². The second kappa shape index (κ2) is 5.43. The van der Waals surface area contributed by atoms with Gasteiger partial charge in [0, 0.05) is 6.04 Å². The molecule has 1 aliphatic heterocycles. The van der Waals surface area contributed by atoms with Crippen LogP contribution in [-0.4, -0.2) is 29.1 Å². The van der Waals surface area contributed by atoms with E-state index in [1.54, 1.807) is 0 Å². The summed E-state index contributed by atoms with van der Waals surface area (Å²) in [4.78, 5) is 15.0. The maximum Gasteiger partial charge on any atom is 0.241 e. The van der Waals surface area contributed by atoms with E-state index in [2.05, 4.69) is 24.1 Å². The Hall–Kier alpha value is -0.570. The minimum atomic E-state index is 0.0819. The Morgan fingerprint density at radius 2 is 1.89 bits per heavy atom. The van der Waals surface area contributed by atoms with Gasteiger partial charge in [0.2, 0.25) is 5.91 Å². The van der Waals surface area contributed by atoms with Gasteiger partial charge in [-0.05, 0) is 43.9 Å². The van der Waals surface area contributed by atoms with E-state index in [0.717, 1.165) is 6.42 Å². The third kappa shape index (κ3) is 2.31. The summed E-state index contributed by atoms with van der Waals surface area (Å²) in [6.45, 7) is 4.46. The minimum Gasteiger partial charge on any atom is -0.322 e. The van der Waals surface area contributed by atoms with Gasteiger partial charge in [-0.15, -0.1) is 0 Å². The Labute approximate surface area is 117 Å². The van der Waals surface area contributed by atoms with Crippen LogP contribution in [0.5, 0.6) is 0 Å². The monoisotopic (exact) mass is 264 g/mol. The normalized spacial score (nSPS) is 40.5. The van der Waals surface area contributed by atoms with E-state index < -0.39 is 0 Å². The zero-order valence-electron chi connectivity index (χ0n) is 12.4. The predicted molar refractivity (Wildman–Crippen MR) is 76.6 cm³/mol. The molecule has 0 aromatic heterocycles. The molecule has 108 valence electrons. The number of carbonyl (C=O) groups excluding carboxylic acids is 1. The first kappa shape index (κ1) is 13.4. The predicted octanol–water partition coefficient (Wildman–Crippen LogP) is 2.90. The number of nitrogens with one attached hydrogen (secondary N) is 1. The van der Waals surface area contributed by atoms with Gasteiger partial charge >= 0.3 is 0 Å². The van der Waals surface area contributed by atoms with Gasteiger partial charge in [-0.25, -0.2) is 0 Å². The van der Waals surface area contributed by atoms with Gasteiger partial charge in [0.15, 0.2) is 0 Å². The molecule has 3 rings (SSSR count). The molecule has 2 saturated carbocycles. The average Bonchev–Trinajstić information content (AvgIpc) is 3.09. The van der Waals surface area contributed by atoms with Gasteiger partial charge in [-0.1, -0.05) is 33.1 Å². The van der Waals surface area contributed by atoms with Crippen LogP contribution >= 0.6 is 0 Å². The van der Waals surface area contributed by atoms with Crippen LogP contribution in [0, 0.1) is 11.8 Å². The first-order valence-corrected chi connectivity index (χ1v) is 8.30. The van der Waals surface area contributed by atoms with Crippen molar-refractivity contribution >= 4 is 5.91 Å². The van der Waals surface area contributed by atoms with Gasteiger partial charge in [-0.2, -0.15) is 0 Å². The number of amides is 1. The Bertz CT molecular complexity index is 338. The molecule has 0 aromatic rings. The molecule has 3 nitrogen and oxygen atoms in total. The third-order valence-corrected chi connectivity index (χ3v) is 5.65. The smallest absolute Gasteiger partial charge is 0.241 e. The lowest BCUT2D eigenvalue weighted by Gasteiger charge is -2.36. The van der Waals surface area contributed by atoms with Crippen molar-refractivity contribution in [1.82, 2.24) is 10.2 Å². The van der Waals surface area contributed by atoms with Crippen molar-refractivity contribution in [2.75, 3.05) is 0 Å². The fourth-order valence-electron chi connectivity index (χ4n) is 4.51. The molecule has 4 atom stereocenters. The lowest BCUT2D eigenvalue weighted by atomic mass is 9.99. The fraction of sp³-hybridized carbons (Fsp3) is 0.938. The number of nitrogens with zero attached hydrogens (tertiary/aromatic N) is 1. The van der Waals surface area contributed by atoms with Gasteiger partial charge in [0.05, 0.1) is 12.2 Å². The van der Waals surface area contributed by atoms with Crippen LogP contribution < -0.4 is 5.32 Å². The molecule has 0 aromatic carbocycles. The van der Waals surface area contributed by atoms with E-state index in [1.807, 2.05) is 0 Å². The van der Waals surface area contributed by atoms with E-state index >= 15 is 0 Å². The maximum atomic E-state index is 12.7. The summed E-state index contributed by atoms with van der Waals surface area (Å²) in [7, 11) is 0. The van der Waals surface area contributed by atoms with Crippen LogP contribution in [0.2, 0.25) is 0 Å². The number of carbonyl (C=O) groups is 1. The summed E-state index contributed by atoms with van der Waals surface area (Å²) >= 11 is 0. The lowest BCUT2D eigenvalue weighted by molar-refractivity contribution is -0.133. The summed E-state index contributed by atoms with van der Waals surface area (Å²) in [6, 6.07) is 0.584. The molecule has 1 heterocycles. The molecule has 2 aliphatic carbocycles. The number of rotatable bonds is 3. The molecule has 1 N–H and O–H groups in total. The zero-order valence-corrected chi connectivity index (χ0v) is 12.4. The number of hydrogen-bond acceptors (Lipinski definition) is 2. The van der Waals surface area contributed by atoms with Crippen molar-refractivity contribution < 1.29 is 4.79 Å². The molecule has 0 bridgehead atoms. The summed E-state index contributed by atoms with van der Waals surface area (Å²) in [5.74, 6) is 1.77. The van der Waals surface area contributed by atoms with E-state index in [4.69, 9.17) is 0 Å². The van der Waals surface area contributed by atoms with E-state index in [9.17, 15) is 4.79 Å². The summed E-state index contributed by atoms with van der Waals surface area (Å²) in [5.41, 5.74) is 0. The quantitative estimate of drug-likeness (QED) is 0.850. The Kier molecular flexibility index (Phi) is 3.84. The second-order valence-electron chi connectivity index (χ2n) is 6.84. The van der Waals surface area contributed by atoms with Gasteiger partial charge in [0.25, 0.3) is 0 Å². The van der Waals surface area contributed by atoms with Crippen LogP contribution in [0.15, 0.2) is 0 Å². The molecule has 4 unspecified atom stereocenters. The summed E-state index contributed by atoms with van der Waals surface area (Å²) in [6.07, 6.45) is 10.4. The van der Waals surface area contributed by atoms with Crippen LogP contribution in [0.4, 0.5) is 0 Å². The van der Waals surface area contributed by atoms with Crippen LogP contribution in [-0.2, 0) is 4.79 Å².